The molecule has 2 aliphatic rings. The summed E-state index contributed by atoms with van der Waals surface area (Å²) in [6.07, 6.45) is 10.9. The van der Waals surface area contributed by atoms with Gasteiger partial charge in [0.2, 0.25) is 0 Å². The molecular weight excluding hydrogens is 426 g/mol. The molecule has 0 amide bonds. The predicted molar refractivity (Wildman–Crippen MR) is 110 cm³/mol. The van der Waals surface area contributed by atoms with Gasteiger partial charge < -0.3 is 6.92 Å². The van der Waals surface area contributed by atoms with E-state index in [-0.39, 0.29) is 0 Å². The maximum atomic E-state index is 4.93. The zero-order valence-corrected chi connectivity index (χ0v) is 19.9. The minimum atomic E-state index is -0.826. The average Bonchev–Trinajstić information content (AvgIpc) is 3.18. The van der Waals surface area contributed by atoms with Crippen LogP contribution in [0.2, 0.25) is 0 Å². The van der Waals surface area contributed by atoms with Crippen LogP contribution in [-0.4, -0.2) is 0 Å². The Balaban J connectivity index is 0.000000200. The van der Waals surface area contributed by atoms with E-state index in [1.165, 1.54) is 62.5 Å². The predicted octanol–water partition coefficient (Wildman–Crippen LogP) is 7.40. The summed E-state index contributed by atoms with van der Waals surface area (Å²) in [4.78, 5) is 0. The molecule has 0 atom stereocenters. The average molecular weight is 458 g/mol. The molecule has 0 nitrogen and oxygen atoms in total. The van der Waals surface area contributed by atoms with E-state index in [0.717, 1.165) is 0 Å². The monoisotopic (exact) mass is 455 g/mol. The normalized spacial score (nSPS) is 14.3. The van der Waals surface area contributed by atoms with Gasteiger partial charge in [-0.05, 0) is 0 Å². The van der Waals surface area contributed by atoms with Crippen molar-refractivity contribution in [1.82, 2.24) is 0 Å². The van der Waals surface area contributed by atoms with Crippen molar-refractivity contribution < 1.29 is 20.8 Å². The molecule has 0 fully saturated rings. The molecule has 0 spiro atoms. The van der Waals surface area contributed by atoms with Crippen LogP contribution in [0.25, 0.3) is 0 Å². The van der Waals surface area contributed by atoms with E-state index in [1.807, 2.05) is 0 Å². The summed E-state index contributed by atoms with van der Waals surface area (Å²) in [6, 6.07) is 9.37. The first kappa shape index (κ1) is 23.2. The second kappa shape index (κ2) is 13.3. The molecule has 2 aromatic rings. The SMILES string of the molecule is Cc1cc2c([cH-]1)CCCC2.Cc1cc2c([cH-]1)CCCC2.[CH2-]C.[Cl][Zr][Cl]. The molecule has 2 aliphatic carbocycles. The molecule has 0 N–H and O–H groups in total. The zero-order chi connectivity index (χ0) is 18.7. The quantitative estimate of drug-likeness (QED) is 0.362. The van der Waals surface area contributed by atoms with Crippen molar-refractivity contribution in [2.75, 3.05) is 0 Å². The number of fused-ring (bicyclic) bond motifs is 2. The van der Waals surface area contributed by atoms with E-state index in [0.29, 0.717) is 0 Å². The van der Waals surface area contributed by atoms with Gasteiger partial charge in [0.25, 0.3) is 0 Å². The summed E-state index contributed by atoms with van der Waals surface area (Å²) in [7, 11) is 9.87. The van der Waals surface area contributed by atoms with Gasteiger partial charge in [0, 0.05) is 0 Å². The number of hydrogen-bond donors (Lipinski definition) is 0. The number of hydrogen-bond acceptors (Lipinski definition) is 0. The Labute approximate surface area is 173 Å². The third-order valence-corrected chi connectivity index (χ3v) is 4.72. The Kier molecular flexibility index (Phi) is 12.4. The molecule has 2 aromatic carbocycles. The first-order valence-electron chi connectivity index (χ1n) is 9.31. The molecule has 0 unspecified atom stereocenters. The van der Waals surface area contributed by atoms with E-state index >= 15 is 0 Å². The molecule has 4 rings (SSSR count). The van der Waals surface area contributed by atoms with Gasteiger partial charge in [0.15, 0.2) is 0 Å². The van der Waals surface area contributed by atoms with Crippen LogP contribution in [0.15, 0.2) is 24.3 Å². The van der Waals surface area contributed by atoms with Gasteiger partial charge in [0.05, 0.1) is 0 Å². The summed E-state index contributed by atoms with van der Waals surface area (Å²) in [5, 5.41) is 0. The fourth-order valence-corrected chi connectivity index (χ4v) is 3.75. The number of aryl methyl sites for hydroxylation is 6. The van der Waals surface area contributed by atoms with Gasteiger partial charge in [-0.1, -0.05) is 65.2 Å². The van der Waals surface area contributed by atoms with Gasteiger partial charge in [0.1, 0.15) is 0 Å². The van der Waals surface area contributed by atoms with Gasteiger partial charge in [-0.3, -0.25) is 0 Å². The van der Waals surface area contributed by atoms with Gasteiger partial charge in [-0.25, -0.2) is 12.1 Å². The van der Waals surface area contributed by atoms with Crippen molar-refractivity contribution in [2.24, 2.45) is 0 Å². The van der Waals surface area contributed by atoms with Crippen molar-refractivity contribution in [2.45, 2.75) is 72.1 Å². The standard InChI is InChI=1S/2C10H13.C2H5.2ClH.Zr/c2*1-8-6-9-4-2-3-5-10(9)7-8;1-2;;;/h2*6-7H,2-5H2,1H3;1H2,2H3;2*1H;/q3*-1;;;+2/p-2. The Hall–Kier alpha value is 0.163. The third-order valence-electron chi connectivity index (χ3n) is 4.72. The molecule has 0 bridgehead atoms. The van der Waals surface area contributed by atoms with E-state index in [9.17, 15) is 0 Å². The molecule has 25 heavy (non-hydrogen) atoms. The second-order valence-electron chi connectivity index (χ2n) is 6.65. The van der Waals surface area contributed by atoms with Crippen molar-refractivity contribution >= 4 is 17.0 Å². The fraction of sp³-hybridized carbons (Fsp3) is 0.500. The Bertz CT molecular complexity index is 496. The van der Waals surface area contributed by atoms with Crippen LogP contribution in [-0.2, 0) is 46.5 Å². The molecule has 0 saturated heterocycles. The van der Waals surface area contributed by atoms with Gasteiger partial charge >= 0.3 is 37.9 Å². The summed E-state index contributed by atoms with van der Waals surface area (Å²) >= 11 is -0.826. The zero-order valence-electron chi connectivity index (χ0n) is 15.9. The Morgan fingerprint density at radius 2 is 1.08 bits per heavy atom. The molecule has 0 saturated carbocycles. The van der Waals surface area contributed by atoms with Crippen LogP contribution in [0.1, 0.15) is 66.0 Å². The molecule has 140 valence electrons. The molecule has 0 aromatic heterocycles. The fourth-order valence-electron chi connectivity index (χ4n) is 3.75. The minimum absolute atomic E-state index is 0.826. The van der Waals surface area contributed by atoms with E-state index in [1.54, 1.807) is 29.2 Å². The van der Waals surface area contributed by atoms with Gasteiger partial charge in [-0.2, -0.15) is 52.4 Å². The van der Waals surface area contributed by atoms with Crippen LogP contribution in [0.4, 0.5) is 0 Å². The van der Waals surface area contributed by atoms with Crippen molar-refractivity contribution in [3.05, 3.63) is 64.6 Å². The van der Waals surface area contributed by atoms with Crippen LogP contribution in [0, 0.1) is 20.8 Å². The molecule has 0 radical (unpaired) electrons. The molecular formula is C22H31Cl2Zr-3. The summed E-state index contributed by atoms with van der Waals surface area (Å²) < 4.78 is 0. The summed E-state index contributed by atoms with van der Waals surface area (Å²) in [5.74, 6) is 0. The molecule has 0 aliphatic heterocycles. The summed E-state index contributed by atoms with van der Waals surface area (Å²) in [6.45, 7) is 9.39. The molecule has 3 heteroatoms. The van der Waals surface area contributed by atoms with Crippen LogP contribution in [0.5, 0.6) is 0 Å². The Morgan fingerprint density at radius 3 is 1.40 bits per heavy atom. The van der Waals surface area contributed by atoms with Crippen molar-refractivity contribution in [3.8, 4) is 0 Å². The summed E-state index contributed by atoms with van der Waals surface area (Å²) in [5.41, 5.74) is 9.36. The first-order chi connectivity index (χ1) is 12.1. The van der Waals surface area contributed by atoms with Crippen LogP contribution in [0.3, 0.4) is 0 Å². The maximum absolute atomic E-state index is 4.93. The molecule has 0 heterocycles. The van der Waals surface area contributed by atoms with Crippen molar-refractivity contribution in [1.29, 1.82) is 0 Å². The van der Waals surface area contributed by atoms with Gasteiger partial charge in [-0.15, -0.1) is 0 Å². The third kappa shape index (κ3) is 8.15. The van der Waals surface area contributed by atoms with Crippen molar-refractivity contribution in [3.63, 3.8) is 0 Å². The van der Waals surface area contributed by atoms with E-state index in [4.69, 9.17) is 17.0 Å². The Morgan fingerprint density at radius 1 is 0.760 bits per heavy atom. The van der Waals surface area contributed by atoms with E-state index < -0.39 is 20.8 Å². The van der Waals surface area contributed by atoms with Crippen LogP contribution < -0.4 is 0 Å². The first-order valence-corrected chi connectivity index (χ1v) is 15.6. The topological polar surface area (TPSA) is 0 Å². The van der Waals surface area contributed by atoms with Crippen LogP contribution >= 0.6 is 17.0 Å². The van der Waals surface area contributed by atoms with E-state index in [2.05, 4.69) is 45.0 Å². The number of rotatable bonds is 0. The second-order valence-corrected chi connectivity index (χ2v) is 10.4. The number of halogens is 2.